The van der Waals surface area contributed by atoms with Crippen molar-refractivity contribution in [1.29, 1.82) is 0 Å². The number of ether oxygens (including phenoxy) is 1. The summed E-state index contributed by atoms with van der Waals surface area (Å²) in [5.74, 6) is -2.40. The molecule has 0 radical (unpaired) electrons. The molecule has 0 spiro atoms. The normalized spacial score (nSPS) is 14.2. The van der Waals surface area contributed by atoms with E-state index in [1.807, 2.05) is 0 Å². The van der Waals surface area contributed by atoms with Crippen molar-refractivity contribution in [1.82, 2.24) is 5.32 Å². The molecule has 0 saturated heterocycles. The summed E-state index contributed by atoms with van der Waals surface area (Å²) in [7, 11) is -4.76. The van der Waals surface area contributed by atoms with Crippen LogP contribution in [0.1, 0.15) is 174 Å². The van der Waals surface area contributed by atoms with E-state index < -0.39 is 57.6 Å². The minimum absolute atomic E-state index is 0.146. The van der Waals surface area contributed by atoms with E-state index in [0.29, 0.717) is 12.8 Å². The molecule has 11 nitrogen and oxygen atoms in total. The second kappa shape index (κ2) is 36.7. The summed E-state index contributed by atoms with van der Waals surface area (Å²) in [4.78, 5) is 45.8. The predicted octanol–water partition coefficient (Wildman–Crippen LogP) is 10.1. The molecule has 4 N–H and O–H groups in total. The smallest absolute Gasteiger partial charge is 0.472 e. The molecule has 3 unspecified atom stereocenters. The summed E-state index contributed by atoms with van der Waals surface area (Å²) in [6, 6.07) is -1.55. The summed E-state index contributed by atoms with van der Waals surface area (Å²) in [5.41, 5.74) is 0. The van der Waals surface area contributed by atoms with E-state index in [2.05, 4.69) is 55.6 Å². The Bertz CT molecular complexity index is 1050. The second-order valence-corrected chi connectivity index (χ2v) is 15.3. The first kappa shape index (κ1) is 50.7. The number of carboxylic acid groups (broad SMARTS) is 1. The fraction of sp³-hybridized carbons (Fsp3) is 0.780. The second-order valence-electron chi connectivity index (χ2n) is 13.8. The molecule has 0 aromatic carbocycles. The Kier molecular flexibility index (Phi) is 35.1. The molecule has 53 heavy (non-hydrogen) atoms. The summed E-state index contributed by atoms with van der Waals surface area (Å²) < 4.78 is 26.7. The highest BCUT2D eigenvalue weighted by Gasteiger charge is 2.28. The Morgan fingerprint density at radius 3 is 1.64 bits per heavy atom. The van der Waals surface area contributed by atoms with Crippen LogP contribution in [0, 0.1) is 0 Å². The fourth-order valence-corrected chi connectivity index (χ4v) is 6.28. The monoisotopic (exact) mass is 772 g/mol. The number of phosphoric ester groups is 1. The van der Waals surface area contributed by atoms with Gasteiger partial charge in [0.2, 0.25) is 5.91 Å². The minimum atomic E-state index is -4.76. The Labute approximate surface area is 321 Å². The van der Waals surface area contributed by atoms with Crippen LogP contribution in [0.4, 0.5) is 0 Å². The number of carboxylic acids is 1. The van der Waals surface area contributed by atoms with Crippen molar-refractivity contribution in [2.75, 3.05) is 19.8 Å². The van der Waals surface area contributed by atoms with E-state index in [-0.39, 0.29) is 12.8 Å². The molecule has 3 atom stereocenters. The molecule has 308 valence electrons. The average Bonchev–Trinajstić information content (AvgIpc) is 3.13. The highest BCUT2D eigenvalue weighted by Crippen LogP contribution is 2.43. The lowest BCUT2D eigenvalue weighted by Gasteiger charge is -2.18. The lowest BCUT2D eigenvalue weighted by Crippen LogP contribution is -2.43. The molecule has 12 heteroatoms. The van der Waals surface area contributed by atoms with Gasteiger partial charge in [-0.1, -0.05) is 153 Å². The SMILES string of the molecule is CC/C=C\C/C=C\C/C=C\CCCCCC(=O)OCC(O)COP(=O)(O)OCC(NC(=O)CCCCCCCCCCCCCCCCCC)C(=O)O. The van der Waals surface area contributed by atoms with Crippen molar-refractivity contribution in [3.8, 4) is 0 Å². The van der Waals surface area contributed by atoms with Crippen molar-refractivity contribution in [2.24, 2.45) is 0 Å². The van der Waals surface area contributed by atoms with Gasteiger partial charge in [0, 0.05) is 12.8 Å². The van der Waals surface area contributed by atoms with Gasteiger partial charge in [-0.3, -0.25) is 18.6 Å². The van der Waals surface area contributed by atoms with Crippen LogP contribution in [0.2, 0.25) is 0 Å². The molecule has 0 aliphatic heterocycles. The van der Waals surface area contributed by atoms with Crippen LogP contribution in [0.15, 0.2) is 36.5 Å². The first-order valence-electron chi connectivity index (χ1n) is 20.5. The molecule has 0 aliphatic carbocycles. The third-order valence-corrected chi connectivity index (χ3v) is 9.64. The zero-order valence-electron chi connectivity index (χ0n) is 33.1. The maximum absolute atomic E-state index is 12.3. The van der Waals surface area contributed by atoms with Gasteiger partial charge in [0.25, 0.3) is 0 Å². The van der Waals surface area contributed by atoms with Crippen molar-refractivity contribution in [3.63, 3.8) is 0 Å². The van der Waals surface area contributed by atoms with E-state index in [9.17, 15) is 34.1 Å². The number of allylic oxidation sites excluding steroid dienone is 6. The zero-order chi connectivity index (χ0) is 39.3. The quantitative estimate of drug-likeness (QED) is 0.0205. The van der Waals surface area contributed by atoms with E-state index >= 15 is 0 Å². The fourth-order valence-electron chi connectivity index (χ4n) is 5.51. The first-order valence-corrected chi connectivity index (χ1v) is 22.0. The first-order chi connectivity index (χ1) is 25.6. The number of rotatable bonds is 38. The highest BCUT2D eigenvalue weighted by atomic mass is 31.2. The predicted molar refractivity (Wildman–Crippen MR) is 212 cm³/mol. The van der Waals surface area contributed by atoms with Gasteiger partial charge < -0.3 is 25.2 Å². The highest BCUT2D eigenvalue weighted by molar-refractivity contribution is 7.47. The molecule has 0 bridgehead atoms. The Balaban J connectivity index is 3.95. The van der Waals surface area contributed by atoms with Crippen LogP contribution < -0.4 is 5.32 Å². The van der Waals surface area contributed by atoms with Crippen LogP contribution in [0.5, 0.6) is 0 Å². The Morgan fingerprint density at radius 1 is 0.623 bits per heavy atom. The van der Waals surface area contributed by atoms with Crippen molar-refractivity contribution in [3.05, 3.63) is 36.5 Å². The van der Waals surface area contributed by atoms with Gasteiger partial charge in [-0.15, -0.1) is 0 Å². The van der Waals surface area contributed by atoms with Crippen molar-refractivity contribution >= 4 is 25.7 Å². The number of esters is 1. The molecular formula is C41H74NO10P. The van der Waals surface area contributed by atoms with Gasteiger partial charge in [0.15, 0.2) is 6.04 Å². The lowest BCUT2D eigenvalue weighted by atomic mass is 10.0. The van der Waals surface area contributed by atoms with Gasteiger partial charge in [-0.2, -0.15) is 0 Å². The molecule has 0 saturated carbocycles. The number of hydrogen-bond donors (Lipinski definition) is 4. The largest absolute Gasteiger partial charge is 0.480 e. The topological polar surface area (TPSA) is 169 Å². The van der Waals surface area contributed by atoms with E-state index in [0.717, 1.165) is 57.8 Å². The summed E-state index contributed by atoms with van der Waals surface area (Å²) in [6.45, 7) is 2.44. The van der Waals surface area contributed by atoms with Gasteiger partial charge in [0.05, 0.1) is 13.2 Å². The summed E-state index contributed by atoms with van der Waals surface area (Å²) >= 11 is 0. The number of aliphatic hydroxyl groups excluding tert-OH is 1. The van der Waals surface area contributed by atoms with E-state index in [4.69, 9.17) is 13.8 Å². The summed E-state index contributed by atoms with van der Waals surface area (Å²) in [6.07, 6.45) is 37.5. The van der Waals surface area contributed by atoms with E-state index in [1.54, 1.807) is 0 Å². The third kappa shape index (κ3) is 36.4. The molecule has 1 amide bonds. The molecule has 0 heterocycles. The number of aliphatic hydroxyl groups is 1. The molecule has 0 rings (SSSR count). The van der Waals surface area contributed by atoms with E-state index in [1.165, 1.54) is 77.0 Å². The molecule has 0 aromatic heterocycles. The number of phosphoric acid groups is 1. The molecular weight excluding hydrogens is 697 g/mol. The zero-order valence-corrected chi connectivity index (χ0v) is 34.0. The van der Waals surface area contributed by atoms with Gasteiger partial charge >= 0.3 is 19.8 Å². The van der Waals surface area contributed by atoms with Crippen LogP contribution >= 0.6 is 7.82 Å². The number of amides is 1. The number of unbranched alkanes of at least 4 members (excludes halogenated alkanes) is 18. The number of hydrogen-bond acceptors (Lipinski definition) is 8. The van der Waals surface area contributed by atoms with Gasteiger partial charge in [-0.25, -0.2) is 9.36 Å². The van der Waals surface area contributed by atoms with Crippen molar-refractivity contribution < 1.29 is 47.8 Å². The van der Waals surface area contributed by atoms with Crippen LogP contribution in [0.25, 0.3) is 0 Å². The van der Waals surface area contributed by atoms with Crippen LogP contribution in [0.3, 0.4) is 0 Å². The standard InChI is InChI=1S/C41H74NO10P/c1-3-5-7-9-11-13-15-17-18-19-21-22-24-26-28-30-32-39(44)42-38(41(46)47)36-52-53(48,49)51-35-37(43)34-50-40(45)33-31-29-27-25-23-20-16-14-12-10-8-6-4-2/h6,8,12,14,20,23,37-38,43H,3-5,7,9-11,13,15-19,21-22,24-36H2,1-2H3,(H,42,44)(H,46,47)(H,48,49)/b8-6-,14-12-,23-20-. The van der Waals surface area contributed by atoms with Crippen LogP contribution in [-0.2, 0) is 32.7 Å². The van der Waals surface area contributed by atoms with Gasteiger partial charge in [-0.05, 0) is 44.9 Å². The van der Waals surface area contributed by atoms with Gasteiger partial charge in [0.1, 0.15) is 12.7 Å². The number of carbonyl (C=O) groups excluding carboxylic acids is 2. The lowest BCUT2D eigenvalue weighted by molar-refractivity contribution is -0.147. The Morgan fingerprint density at radius 2 is 1.09 bits per heavy atom. The summed E-state index contributed by atoms with van der Waals surface area (Å²) in [5, 5.41) is 21.8. The third-order valence-electron chi connectivity index (χ3n) is 8.69. The number of carbonyl (C=O) groups is 3. The molecule has 0 fully saturated rings. The Hall–Kier alpha value is -2.30. The average molecular weight is 772 g/mol. The number of nitrogens with one attached hydrogen (secondary N) is 1. The maximum atomic E-state index is 12.3. The number of aliphatic carboxylic acids is 1. The minimum Gasteiger partial charge on any atom is -0.480 e. The van der Waals surface area contributed by atoms with Crippen molar-refractivity contribution in [2.45, 2.75) is 187 Å². The van der Waals surface area contributed by atoms with Crippen LogP contribution in [-0.4, -0.2) is 64.9 Å². The maximum Gasteiger partial charge on any atom is 0.472 e. The molecule has 0 aromatic rings. The molecule has 0 aliphatic rings.